The van der Waals surface area contributed by atoms with Gasteiger partial charge >= 0.3 is 12.1 Å². The van der Waals surface area contributed by atoms with Gasteiger partial charge in [-0.15, -0.1) is 0 Å². The summed E-state index contributed by atoms with van der Waals surface area (Å²) in [4.78, 5) is 24.3. The number of carbonyl (C=O) groups excluding carboxylic acids is 2. The van der Waals surface area contributed by atoms with Crippen LogP contribution in [0.2, 0.25) is 0 Å². The van der Waals surface area contributed by atoms with Crippen LogP contribution in [0, 0.1) is 9.49 Å². The molecular weight excluding hydrogens is 421 g/mol. The molecule has 0 heterocycles. The molecule has 0 aliphatic rings. The monoisotopic (exact) mass is 447 g/mol. The minimum Gasteiger partial charge on any atom is -0.459 e. The van der Waals surface area contributed by atoms with E-state index in [0.717, 1.165) is 9.13 Å². The van der Waals surface area contributed by atoms with E-state index < -0.39 is 23.7 Å². The number of amides is 1. The Bertz CT molecular complexity index is 549. The second-order valence-corrected chi connectivity index (χ2v) is 8.31. The predicted octanol–water partition coefficient (Wildman–Crippen LogP) is 4.27. The molecule has 1 aromatic carbocycles. The lowest BCUT2D eigenvalue weighted by Gasteiger charge is -2.23. The number of ether oxygens (including phenoxy) is 2. The van der Waals surface area contributed by atoms with Crippen LogP contribution in [0.5, 0.6) is 0 Å². The maximum absolute atomic E-state index is 12.3. The molecule has 0 unspecified atom stereocenters. The van der Waals surface area contributed by atoms with E-state index >= 15 is 0 Å². The van der Waals surface area contributed by atoms with E-state index in [2.05, 4.69) is 27.9 Å². The molecule has 5 nitrogen and oxygen atoms in total. The van der Waals surface area contributed by atoms with Gasteiger partial charge in [0.25, 0.3) is 0 Å². The molecule has 134 valence electrons. The lowest BCUT2D eigenvalue weighted by molar-refractivity contribution is -0.148. The van der Waals surface area contributed by atoms with Gasteiger partial charge < -0.3 is 14.8 Å². The third kappa shape index (κ3) is 8.52. The molecule has 0 saturated heterocycles. The SMILES string of the molecule is CC(C)C[C@H](NC(=O)OC(C)(C)C)C(=O)OCc1ccc(I)cc1. The van der Waals surface area contributed by atoms with Crippen molar-refractivity contribution >= 4 is 34.7 Å². The van der Waals surface area contributed by atoms with Crippen molar-refractivity contribution in [2.24, 2.45) is 5.92 Å². The van der Waals surface area contributed by atoms with Gasteiger partial charge in [0.05, 0.1) is 0 Å². The summed E-state index contributed by atoms with van der Waals surface area (Å²) in [7, 11) is 0. The smallest absolute Gasteiger partial charge is 0.408 e. The van der Waals surface area contributed by atoms with Crippen LogP contribution in [0.1, 0.15) is 46.6 Å². The normalized spacial score (nSPS) is 12.6. The molecule has 1 rings (SSSR count). The largest absolute Gasteiger partial charge is 0.459 e. The van der Waals surface area contributed by atoms with Crippen LogP contribution in [0.4, 0.5) is 4.79 Å². The Morgan fingerprint density at radius 1 is 1.17 bits per heavy atom. The molecule has 0 bridgehead atoms. The molecule has 6 heteroatoms. The van der Waals surface area contributed by atoms with E-state index in [1.807, 2.05) is 38.1 Å². The van der Waals surface area contributed by atoms with Crippen LogP contribution >= 0.6 is 22.6 Å². The second kappa shape index (κ2) is 9.25. The molecule has 1 N–H and O–H groups in total. The van der Waals surface area contributed by atoms with E-state index in [9.17, 15) is 9.59 Å². The predicted molar refractivity (Wildman–Crippen MR) is 102 cm³/mol. The molecule has 0 radical (unpaired) electrons. The highest BCUT2D eigenvalue weighted by atomic mass is 127. The summed E-state index contributed by atoms with van der Waals surface area (Å²) in [6.07, 6.45) is -0.121. The molecule has 0 spiro atoms. The Kier molecular flexibility index (Phi) is 7.99. The Labute approximate surface area is 157 Å². The van der Waals surface area contributed by atoms with Gasteiger partial charge in [-0.2, -0.15) is 0 Å². The molecule has 0 aliphatic carbocycles. The van der Waals surface area contributed by atoms with E-state index in [-0.39, 0.29) is 12.5 Å². The summed E-state index contributed by atoms with van der Waals surface area (Å²) in [5.41, 5.74) is 0.293. The van der Waals surface area contributed by atoms with Crippen molar-refractivity contribution in [3.05, 3.63) is 33.4 Å². The van der Waals surface area contributed by atoms with Gasteiger partial charge in [0.2, 0.25) is 0 Å². The number of rotatable bonds is 6. The van der Waals surface area contributed by atoms with E-state index in [4.69, 9.17) is 9.47 Å². The molecule has 0 saturated carbocycles. The Balaban J connectivity index is 2.63. The fourth-order valence-corrected chi connectivity index (χ4v) is 2.33. The first-order valence-corrected chi connectivity index (χ1v) is 9.05. The first-order valence-electron chi connectivity index (χ1n) is 7.97. The minimum absolute atomic E-state index is 0.181. The summed E-state index contributed by atoms with van der Waals surface area (Å²) in [6.45, 7) is 9.48. The number of esters is 1. The fourth-order valence-electron chi connectivity index (χ4n) is 1.97. The number of carbonyl (C=O) groups is 2. The maximum atomic E-state index is 12.3. The molecule has 0 aliphatic heterocycles. The van der Waals surface area contributed by atoms with E-state index in [1.54, 1.807) is 20.8 Å². The molecule has 0 fully saturated rings. The average Bonchev–Trinajstić information content (AvgIpc) is 2.43. The number of alkyl carbamates (subject to hydrolysis) is 1. The van der Waals surface area contributed by atoms with Gasteiger partial charge in [0.1, 0.15) is 18.2 Å². The van der Waals surface area contributed by atoms with Crippen LogP contribution in [-0.2, 0) is 20.9 Å². The Hall–Kier alpha value is -1.31. The van der Waals surface area contributed by atoms with Gasteiger partial charge in [0, 0.05) is 3.57 Å². The van der Waals surface area contributed by atoms with Gasteiger partial charge in [-0.3, -0.25) is 0 Å². The Morgan fingerprint density at radius 3 is 2.25 bits per heavy atom. The summed E-state index contributed by atoms with van der Waals surface area (Å²) < 4.78 is 11.7. The molecule has 1 aromatic rings. The van der Waals surface area contributed by atoms with Gasteiger partial charge in [-0.25, -0.2) is 9.59 Å². The topological polar surface area (TPSA) is 64.6 Å². The molecule has 24 heavy (non-hydrogen) atoms. The summed E-state index contributed by atoms with van der Waals surface area (Å²) in [6, 6.07) is 7.01. The lowest BCUT2D eigenvalue weighted by Crippen LogP contribution is -2.44. The van der Waals surface area contributed by atoms with Crippen molar-refractivity contribution in [1.29, 1.82) is 0 Å². The highest BCUT2D eigenvalue weighted by Gasteiger charge is 2.26. The molecular formula is C18H26INO4. The zero-order valence-electron chi connectivity index (χ0n) is 14.9. The number of halogens is 1. The number of hydrogen-bond acceptors (Lipinski definition) is 4. The summed E-state index contributed by atoms with van der Waals surface area (Å²) in [5, 5.41) is 2.61. The van der Waals surface area contributed by atoms with Crippen molar-refractivity contribution in [3.63, 3.8) is 0 Å². The van der Waals surface area contributed by atoms with E-state index in [0.29, 0.717) is 6.42 Å². The lowest BCUT2D eigenvalue weighted by atomic mass is 10.0. The van der Waals surface area contributed by atoms with Crippen molar-refractivity contribution in [3.8, 4) is 0 Å². The van der Waals surface area contributed by atoms with Crippen molar-refractivity contribution in [2.45, 2.75) is 59.3 Å². The van der Waals surface area contributed by atoms with Gasteiger partial charge in [-0.05, 0) is 73.4 Å². The first-order chi connectivity index (χ1) is 11.1. The number of hydrogen-bond donors (Lipinski definition) is 1. The highest BCUT2D eigenvalue weighted by molar-refractivity contribution is 14.1. The maximum Gasteiger partial charge on any atom is 0.408 e. The van der Waals surface area contributed by atoms with Crippen LogP contribution in [-0.4, -0.2) is 23.7 Å². The number of benzene rings is 1. The van der Waals surface area contributed by atoms with E-state index in [1.165, 1.54) is 0 Å². The quantitative estimate of drug-likeness (QED) is 0.523. The van der Waals surface area contributed by atoms with Crippen molar-refractivity contribution in [2.75, 3.05) is 0 Å². The zero-order valence-corrected chi connectivity index (χ0v) is 17.0. The average molecular weight is 447 g/mol. The highest BCUT2D eigenvalue weighted by Crippen LogP contribution is 2.12. The van der Waals surface area contributed by atoms with Crippen molar-refractivity contribution < 1.29 is 19.1 Å². The second-order valence-electron chi connectivity index (χ2n) is 7.06. The van der Waals surface area contributed by atoms with Crippen LogP contribution in [0.15, 0.2) is 24.3 Å². The van der Waals surface area contributed by atoms with Gasteiger partial charge in [-0.1, -0.05) is 26.0 Å². The summed E-state index contributed by atoms with van der Waals surface area (Å²) in [5.74, 6) is -0.219. The third-order valence-electron chi connectivity index (χ3n) is 2.98. The molecule has 0 aromatic heterocycles. The molecule has 1 amide bonds. The minimum atomic E-state index is -0.719. The number of nitrogens with one attached hydrogen (secondary N) is 1. The first kappa shape index (κ1) is 20.7. The van der Waals surface area contributed by atoms with Crippen LogP contribution in [0.25, 0.3) is 0 Å². The third-order valence-corrected chi connectivity index (χ3v) is 3.70. The standard InChI is InChI=1S/C18H26INO4/c1-12(2)10-15(20-17(22)24-18(3,4)5)16(21)23-11-13-6-8-14(19)9-7-13/h6-9,12,15H,10-11H2,1-5H3,(H,20,22)/t15-/m0/s1. The fraction of sp³-hybridized carbons (Fsp3) is 0.556. The summed E-state index contributed by atoms with van der Waals surface area (Å²) >= 11 is 2.22. The van der Waals surface area contributed by atoms with Crippen LogP contribution < -0.4 is 5.32 Å². The van der Waals surface area contributed by atoms with Crippen LogP contribution in [0.3, 0.4) is 0 Å². The Morgan fingerprint density at radius 2 is 1.75 bits per heavy atom. The zero-order chi connectivity index (χ0) is 18.3. The molecule has 1 atom stereocenters. The van der Waals surface area contributed by atoms with Gasteiger partial charge in [0.15, 0.2) is 0 Å². The van der Waals surface area contributed by atoms with Crippen molar-refractivity contribution in [1.82, 2.24) is 5.32 Å².